The molecule has 1 heterocycles. The minimum Gasteiger partial charge on any atom is -0.386 e. The molecule has 4 N–H and O–H groups in total. The first-order chi connectivity index (χ1) is 6.69. The molecule has 0 bridgehead atoms. The van der Waals surface area contributed by atoms with Gasteiger partial charge in [0.05, 0.1) is 3.79 Å². The highest BCUT2D eigenvalue weighted by molar-refractivity contribution is 9.11. The van der Waals surface area contributed by atoms with E-state index in [9.17, 15) is 5.11 Å². The summed E-state index contributed by atoms with van der Waals surface area (Å²) in [6.07, 6.45) is 0.299. The summed E-state index contributed by atoms with van der Waals surface area (Å²) in [4.78, 5) is 0.963. The molecule has 0 saturated carbocycles. The fourth-order valence-corrected chi connectivity index (χ4v) is 2.80. The van der Waals surface area contributed by atoms with Crippen LogP contribution in [-0.4, -0.2) is 24.7 Å². The average Bonchev–Trinajstić information content (AvgIpc) is 2.60. The first-order valence-electron chi connectivity index (χ1n) is 4.49. The third kappa shape index (κ3) is 3.03. The van der Waals surface area contributed by atoms with E-state index < -0.39 is 6.10 Å². The number of likely N-dealkylation sites (N-methyl/N-ethyl adjacent to an activating group) is 1. The van der Waals surface area contributed by atoms with Crippen LogP contribution in [-0.2, 0) is 0 Å². The number of nitrogens with one attached hydrogen (secondary N) is 1. The predicted molar refractivity (Wildman–Crippen MR) is 63.5 cm³/mol. The number of rotatable bonds is 5. The smallest absolute Gasteiger partial charge is 0.103 e. The van der Waals surface area contributed by atoms with E-state index >= 15 is 0 Å². The molecule has 0 radical (unpaired) electrons. The molecule has 1 rings (SSSR count). The van der Waals surface area contributed by atoms with E-state index in [2.05, 4.69) is 21.2 Å². The summed E-state index contributed by atoms with van der Waals surface area (Å²) < 4.78 is 1.04. The van der Waals surface area contributed by atoms with Crippen molar-refractivity contribution in [3.8, 4) is 0 Å². The molecule has 0 amide bonds. The molecule has 3 nitrogen and oxygen atoms in total. The quantitative estimate of drug-likeness (QED) is 0.765. The Balaban J connectivity index is 2.66. The topological polar surface area (TPSA) is 58.3 Å². The van der Waals surface area contributed by atoms with Crippen molar-refractivity contribution in [1.29, 1.82) is 0 Å². The van der Waals surface area contributed by atoms with Crippen molar-refractivity contribution in [2.45, 2.75) is 18.6 Å². The molecule has 0 aliphatic carbocycles. The van der Waals surface area contributed by atoms with Gasteiger partial charge in [0.2, 0.25) is 0 Å². The molecule has 0 spiro atoms. The Morgan fingerprint density at radius 2 is 2.36 bits per heavy atom. The maximum atomic E-state index is 10.00. The van der Waals surface area contributed by atoms with Gasteiger partial charge >= 0.3 is 0 Å². The molecule has 1 aromatic heterocycles. The van der Waals surface area contributed by atoms with Gasteiger partial charge in [0.25, 0.3) is 0 Å². The lowest BCUT2D eigenvalue weighted by atomic mass is 10.1. The fourth-order valence-electron chi connectivity index (χ4n) is 1.33. The summed E-state index contributed by atoms with van der Waals surface area (Å²) in [5.41, 5.74) is 5.47. The van der Waals surface area contributed by atoms with Crippen LogP contribution in [0.2, 0.25) is 0 Å². The van der Waals surface area contributed by atoms with Crippen LogP contribution in [0.1, 0.15) is 17.4 Å². The lowest BCUT2D eigenvalue weighted by Crippen LogP contribution is -2.33. The predicted octanol–water partition coefficient (Wildman–Crippen LogP) is 1.48. The SMILES string of the molecule is CNC(CCN)C(O)c1ccc(Br)s1. The van der Waals surface area contributed by atoms with Crippen molar-refractivity contribution in [2.75, 3.05) is 13.6 Å². The van der Waals surface area contributed by atoms with Crippen LogP contribution in [0.5, 0.6) is 0 Å². The molecule has 0 aromatic carbocycles. The zero-order chi connectivity index (χ0) is 10.6. The van der Waals surface area contributed by atoms with Crippen LogP contribution < -0.4 is 11.1 Å². The summed E-state index contributed by atoms with van der Waals surface area (Å²) in [7, 11) is 1.84. The van der Waals surface area contributed by atoms with Crippen molar-refractivity contribution in [1.82, 2.24) is 5.32 Å². The molecule has 2 atom stereocenters. The summed E-state index contributed by atoms with van der Waals surface area (Å²) in [6.45, 7) is 0.578. The van der Waals surface area contributed by atoms with Crippen LogP contribution in [0.25, 0.3) is 0 Å². The third-order valence-corrected chi connectivity index (χ3v) is 3.81. The van der Waals surface area contributed by atoms with Crippen LogP contribution in [0.4, 0.5) is 0 Å². The van der Waals surface area contributed by atoms with E-state index in [-0.39, 0.29) is 6.04 Å². The molecule has 0 saturated heterocycles. The highest BCUT2D eigenvalue weighted by Gasteiger charge is 2.19. The van der Waals surface area contributed by atoms with E-state index in [1.165, 1.54) is 0 Å². The lowest BCUT2D eigenvalue weighted by molar-refractivity contribution is 0.132. The summed E-state index contributed by atoms with van der Waals surface area (Å²) >= 11 is 4.92. The Morgan fingerprint density at radius 1 is 1.64 bits per heavy atom. The second kappa shape index (κ2) is 5.82. The molecular formula is C9H15BrN2OS. The largest absolute Gasteiger partial charge is 0.386 e. The monoisotopic (exact) mass is 278 g/mol. The normalized spacial score (nSPS) is 15.4. The maximum absolute atomic E-state index is 10.00. The van der Waals surface area contributed by atoms with Crippen molar-refractivity contribution in [2.24, 2.45) is 5.73 Å². The van der Waals surface area contributed by atoms with Crippen LogP contribution >= 0.6 is 27.3 Å². The number of nitrogens with two attached hydrogens (primary N) is 1. The first-order valence-corrected chi connectivity index (χ1v) is 6.10. The van der Waals surface area contributed by atoms with Crippen LogP contribution in [0.3, 0.4) is 0 Å². The Kier molecular flexibility index (Phi) is 5.05. The van der Waals surface area contributed by atoms with E-state index in [4.69, 9.17) is 5.73 Å². The molecule has 0 aliphatic rings. The van der Waals surface area contributed by atoms with Gasteiger partial charge in [0, 0.05) is 10.9 Å². The minimum atomic E-state index is -0.472. The summed E-state index contributed by atoms with van der Waals surface area (Å²) in [5.74, 6) is 0. The zero-order valence-corrected chi connectivity index (χ0v) is 10.4. The van der Waals surface area contributed by atoms with Crippen molar-refractivity contribution in [3.05, 3.63) is 20.8 Å². The van der Waals surface area contributed by atoms with Gasteiger partial charge in [-0.05, 0) is 48.1 Å². The van der Waals surface area contributed by atoms with Gasteiger partial charge in [0.1, 0.15) is 6.10 Å². The summed E-state index contributed by atoms with van der Waals surface area (Å²) in [6, 6.07) is 3.91. The van der Waals surface area contributed by atoms with Gasteiger partial charge in [0.15, 0.2) is 0 Å². The van der Waals surface area contributed by atoms with Crippen molar-refractivity contribution in [3.63, 3.8) is 0 Å². The van der Waals surface area contributed by atoms with Gasteiger partial charge in [-0.15, -0.1) is 11.3 Å². The Labute approximate surface area is 96.4 Å². The molecule has 14 heavy (non-hydrogen) atoms. The molecule has 5 heteroatoms. The van der Waals surface area contributed by atoms with Crippen LogP contribution in [0.15, 0.2) is 15.9 Å². The second-order valence-corrected chi connectivity index (χ2v) is 5.55. The minimum absolute atomic E-state index is 0.0329. The van der Waals surface area contributed by atoms with Gasteiger partial charge in [-0.1, -0.05) is 0 Å². The molecule has 0 aliphatic heterocycles. The molecule has 0 fully saturated rings. The Bertz CT molecular complexity index is 280. The van der Waals surface area contributed by atoms with Gasteiger partial charge in [-0.3, -0.25) is 0 Å². The van der Waals surface area contributed by atoms with Crippen molar-refractivity contribution < 1.29 is 5.11 Å². The third-order valence-electron chi connectivity index (χ3n) is 2.12. The molecule has 1 aromatic rings. The van der Waals surface area contributed by atoms with E-state index in [0.717, 1.165) is 15.1 Å². The molecular weight excluding hydrogens is 264 g/mol. The van der Waals surface area contributed by atoms with E-state index in [1.54, 1.807) is 11.3 Å². The van der Waals surface area contributed by atoms with Gasteiger partial charge in [-0.2, -0.15) is 0 Å². The number of halogens is 1. The highest BCUT2D eigenvalue weighted by atomic mass is 79.9. The maximum Gasteiger partial charge on any atom is 0.103 e. The first kappa shape index (κ1) is 12.1. The van der Waals surface area contributed by atoms with Crippen molar-refractivity contribution >= 4 is 27.3 Å². The molecule has 80 valence electrons. The van der Waals surface area contributed by atoms with Crippen LogP contribution in [0, 0.1) is 0 Å². The average molecular weight is 279 g/mol. The number of thiophene rings is 1. The number of hydrogen-bond acceptors (Lipinski definition) is 4. The number of aliphatic hydroxyl groups is 1. The van der Waals surface area contributed by atoms with Gasteiger partial charge in [-0.25, -0.2) is 0 Å². The standard InChI is InChI=1S/C9H15BrN2OS/c1-12-6(4-5-11)9(13)7-2-3-8(10)14-7/h2-3,6,9,12-13H,4-5,11H2,1H3. The molecule has 2 unspecified atom stereocenters. The highest BCUT2D eigenvalue weighted by Crippen LogP contribution is 2.29. The van der Waals surface area contributed by atoms with Gasteiger partial charge < -0.3 is 16.2 Å². The Morgan fingerprint density at radius 3 is 2.79 bits per heavy atom. The number of hydrogen-bond donors (Lipinski definition) is 3. The summed E-state index contributed by atoms with van der Waals surface area (Å²) in [5, 5.41) is 13.1. The Hall–Kier alpha value is 0.0600. The number of aliphatic hydroxyl groups excluding tert-OH is 1. The zero-order valence-electron chi connectivity index (χ0n) is 8.03. The fraction of sp³-hybridized carbons (Fsp3) is 0.556. The lowest BCUT2D eigenvalue weighted by Gasteiger charge is -2.20. The van der Waals surface area contributed by atoms with E-state index in [1.807, 2.05) is 19.2 Å². The van der Waals surface area contributed by atoms with E-state index in [0.29, 0.717) is 6.54 Å². The second-order valence-electron chi connectivity index (χ2n) is 3.06.